The van der Waals surface area contributed by atoms with Gasteiger partial charge in [-0.15, -0.1) is 0 Å². The summed E-state index contributed by atoms with van der Waals surface area (Å²) in [6.07, 6.45) is 3.08. The highest BCUT2D eigenvalue weighted by atomic mass is 19.1. The second kappa shape index (κ2) is 8.04. The van der Waals surface area contributed by atoms with Crippen molar-refractivity contribution in [2.75, 3.05) is 26.0 Å². The summed E-state index contributed by atoms with van der Waals surface area (Å²) in [4.78, 5) is 26.5. The molecule has 3 heterocycles. The van der Waals surface area contributed by atoms with Crippen molar-refractivity contribution in [3.8, 4) is 5.88 Å². The van der Waals surface area contributed by atoms with Crippen LogP contribution in [0.2, 0.25) is 0 Å². The Balaban J connectivity index is 1.41. The molecule has 2 atom stereocenters. The van der Waals surface area contributed by atoms with Crippen LogP contribution in [0.25, 0.3) is 11.0 Å². The van der Waals surface area contributed by atoms with Crippen molar-refractivity contribution in [1.29, 1.82) is 0 Å². The van der Waals surface area contributed by atoms with Gasteiger partial charge in [0.05, 0.1) is 36.1 Å². The molecule has 8 nitrogen and oxygen atoms in total. The van der Waals surface area contributed by atoms with Gasteiger partial charge in [-0.2, -0.15) is 0 Å². The van der Waals surface area contributed by atoms with Gasteiger partial charge in [-0.05, 0) is 44.2 Å². The molecule has 1 aliphatic rings. The van der Waals surface area contributed by atoms with E-state index in [1.54, 1.807) is 24.4 Å². The number of ether oxygens (including phenoxy) is 1. The molecule has 3 aromatic rings. The summed E-state index contributed by atoms with van der Waals surface area (Å²) in [5.74, 6) is 0.966. The van der Waals surface area contributed by atoms with Crippen molar-refractivity contribution >= 4 is 22.8 Å². The number of benzene rings is 1. The Morgan fingerprint density at radius 1 is 1.34 bits per heavy atom. The topological polar surface area (TPSA) is 95.2 Å². The number of carbonyl (C=O) groups is 1. The summed E-state index contributed by atoms with van der Waals surface area (Å²) >= 11 is 0. The second-order valence-corrected chi connectivity index (χ2v) is 7.19. The zero-order valence-electron chi connectivity index (χ0n) is 16.3. The molecule has 1 aromatic carbocycles. The third-order valence-electron chi connectivity index (χ3n) is 5.19. The largest absolute Gasteiger partial charge is 0.481 e. The molecular formula is C20H23FN6O2. The van der Waals surface area contributed by atoms with Crippen LogP contribution in [0.3, 0.4) is 0 Å². The van der Waals surface area contributed by atoms with E-state index in [4.69, 9.17) is 4.74 Å². The van der Waals surface area contributed by atoms with Gasteiger partial charge in [0.15, 0.2) is 0 Å². The number of anilines is 1. The molecule has 0 radical (unpaired) electrons. The molecule has 0 aliphatic carbocycles. The lowest BCUT2D eigenvalue weighted by Crippen LogP contribution is -2.46. The number of nitrogens with one attached hydrogen (secondary N) is 3. The van der Waals surface area contributed by atoms with Gasteiger partial charge >= 0.3 is 6.03 Å². The smallest absolute Gasteiger partial charge is 0.319 e. The number of hydrogen-bond donors (Lipinski definition) is 3. The van der Waals surface area contributed by atoms with Crippen LogP contribution < -0.4 is 15.4 Å². The zero-order chi connectivity index (χ0) is 20.4. The van der Waals surface area contributed by atoms with Crippen LogP contribution in [-0.4, -0.2) is 52.6 Å². The molecule has 0 saturated carbocycles. The maximum Gasteiger partial charge on any atom is 0.319 e. The van der Waals surface area contributed by atoms with Crippen LogP contribution in [0, 0.1) is 5.82 Å². The molecule has 9 heteroatoms. The number of imidazole rings is 1. The Kier molecular flexibility index (Phi) is 5.30. The van der Waals surface area contributed by atoms with E-state index in [-0.39, 0.29) is 23.9 Å². The lowest BCUT2D eigenvalue weighted by molar-refractivity contribution is 0.153. The lowest BCUT2D eigenvalue weighted by Gasteiger charge is -2.36. The highest BCUT2D eigenvalue weighted by Crippen LogP contribution is 2.29. The molecule has 29 heavy (non-hydrogen) atoms. The monoisotopic (exact) mass is 398 g/mol. The predicted molar refractivity (Wildman–Crippen MR) is 107 cm³/mol. The van der Waals surface area contributed by atoms with Gasteiger partial charge in [-0.25, -0.2) is 19.2 Å². The predicted octanol–water partition coefficient (Wildman–Crippen LogP) is 3.06. The van der Waals surface area contributed by atoms with E-state index in [9.17, 15) is 9.18 Å². The fraction of sp³-hybridized carbons (Fsp3) is 0.350. The molecule has 1 aliphatic heterocycles. The van der Waals surface area contributed by atoms with Crippen molar-refractivity contribution in [1.82, 2.24) is 25.2 Å². The normalized spacial score (nSPS) is 19.8. The lowest BCUT2D eigenvalue weighted by atomic mass is 9.97. The van der Waals surface area contributed by atoms with Gasteiger partial charge < -0.3 is 20.4 Å². The van der Waals surface area contributed by atoms with Gasteiger partial charge in [0.1, 0.15) is 11.6 Å². The molecule has 0 bridgehead atoms. The number of aromatic nitrogens is 3. The average molecular weight is 398 g/mol. The van der Waals surface area contributed by atoms with Crippen molar-refractivity contribution in [2.24, 2.45) is 0 Å². The first-order chi connectivity index (χ1) is 14.0. The number of aromatic amines is 1. The molecule has 1 saturated heterocycles. The summed E-state index contributed by atoms with van der Waals surface area (Å²) in [6.45, 7) is 0.811. The maximum absolute atomic E-state index is 13.5. The fourth-order valence-electron chi connectivity index (χ4n) is 3.62. The molecule has 1 fully saturated rings. The highest BCUT2D eigenvalue weighted by Gasteiger charge is 2.30. The Morgan fingerprint density at radius 2 is 2.21 bits per heavy atom. The summed E-state index contributed by atoms with van der Waals surface area (Å²) in [7, 11) is 3.56. The van der Waals surface area contributed by atoms with Crippen molar-refractivity contribution in [2.45, 2.75) is 24.9 Å². The number of nitrogens with zero attached hydrogens (tertiary/aromatic N) is 3. The fourth-order valence-corrected chi connectivity index (χ4v) is 3.62. The average Bonchev–Trinajstić information content (AvgIpc) is 3.13. The number of likely N-dealkylation sites (tertiary alicyclic amines) is 1. The van der Waals surface area contributed by atoms with Crippen LogP contribution in [0.4, 0.5) is 14.9 Å². The molecule has 2 aromatic heterocycles. The van der Waals surface area contributed by atoms with E-state index in [2.05, 4.69) is 30.5 Å². The molecule has 3 N–H and O–H groups in total. The van der Waals surface area contributed by atoms with E-state index in [1.807, 2.05) is 7.05 Å². The number of H-pyrrole nitrogens is 1. The van der Waals surface area contributed by atoms with Gasteiger partial charge in [-0.3, -0.25) is 4.90 Å². The summed E-state index contributed by atoms with van der Waals surface area (Å²) in [5, 5.41) is 5.81. The molecule has 2 amide bonds. The first kappa shape index (κ1) is 19.1. The number of carbonyl (C=O) groups excluding carboxylic acids is 1. The van der Waals surface area contributed by atoms with Gasteiger partial charge in [-0.1, -0.05) is 0 Å². The van der Waals surface area contributed by atoms with Crippen LogP contribution in [-0.2, 0) is 0 Å². The number of pyridine rings is 1. The molecule has 0 spiro atoms. The van der Waals surface area contributed by atoms with Gasteiger partial charge in [0.2, 0.25) is 5.88 Å². The number of fused-ring (bicyclic) bond motifs is 1. The summed E-state index contributed by atoms with van der Waals surface area (Å²) in [5.41, 5.74) is 2.00. The minimum absolute atomic E-state index is 0.00663. The first-order valence-electron chi connectivity index (χ1n) is 9.45. The standard InChI is InChI=1S/C20H23FN6O2/c1-27-8-7-13(23-20(28)24-14-4-6-18(29-2)22-11-14)10-17(27)19-25-15-5-3-12(21)9-16(15)26-19/h3-6,9,11,13,17H,7-8,10H2,1-2H3,(H,25,26)(H2,23,24,28)/t13?,17-/m1/s1. The number of piperidine rings is 1. The molecule has 1 unspecified atom stereocenters. The van der Waals surface area contributed by atoms with Crippen molar-refractivity contribution in [3.63, 3.8) is 0 Å². The Morgan fingerprint density at radius 3 is 2.97 bits per heavy atom. The maximum atomic E-state index is 13.5. The summed E-state index contributed by atoms with van der Waals surface area (Å²) in [6, 6.07) is 7.65. The highest BCUT2D eigenvalue weighted by molar-refractivity contribution is 5.89. The Bertz CT molecular complexity index is 1010. The van der Waals surface area contributed by atoms with Gasteiger partial charge in [0, 0.05) is 18.7 Å². The minimum atomic E-state index is -0.297. The van der Waals surface area contributed by atoms with Crippen LogP contribution >= 0.6 is 0 Å². The van der Waals surface area contributed by atoms with Crippen LogP contribution in [0.1, 0.15) is 24.7 Å². The first-order valence-corrected chi connectivity index (χ1v) is 9.45. The number of amides is 2. The number of rotatable bonds is 4. The molecule has 4 rings (SSSR count). The van der Waals surface area contributed by atoms with Crippen molar-refractivity contribution in [3.05, 3.63) is 48.2 Å². The van der Waals surface area contributed by atoms with E-state index in [1.165, 1.54) is 19.2 Å². The van der Waals surface area contributed by atoms with E-state index in [0.717, 1.165) is 24.3 Å². The summed E-state index contributed by atoms with van der Waals surface area (Å²) < 4.78 is 18.5. The van der Waals surface area contributed by atoms with Gasteiger partial charge in [0.25, 0.3) is 0 Å². The third kappa shape index (κ3) is 4.29. The second-order valence-electron chi connectivity index (χ2n) is 7.19. The van der Waals surface area contributed by atoms with Crippen LogP contribution in [0.15, 0.2) is 36.5 Å². The number of urea groups is 1. The minimum Gasteiger partial charge on any atom is -0.481 e. The van der Waals surface area contributed by atoms with Crippen molar-refractivity contribution < 1.29 is 13.9 Å². The van der Waals surface area contributed by atoms with E-state index in [0.29, 0.717) is 23.5 Å². The van der Waals surface area contributed by atoms with E-state index >= 15 is 0 Å². The van der Waals surface area contributed by atoms with Crippen LogP contribution in [0.5, 0.6) is 5.88 Å². The third-order valence-corrected chi connectivity index (χ3v) is 5.19. The Hall–Kier alpha value is -3.20. The Labute approximate surface area is 167 Å². The number of halogens is 1. The number of methoxy groups -OCH3 is 1. The quantitative estimate of drug-likeness (QED) is 0.628. The molecular weight excluding hydrogens is 375 g/mol. The van der Waals surface area contributed by atoms with E-state index < -0.39 is 0 Å². The number of hydrogen-bond acceptors (Lipinski definition) is 5. The SMILES string of the molecule is COc1ccc(NC(=O)NC2CCN(C)[C@@H](c3nc4ccc(F)cc4[nH]3)C2)cn1. The zero-order valence-corrected chi connectivity index (χ0v) is 16.3. The molecule has 152 valence electrons.